The van der Waals surface area contributed by atoms with Gasteiger partial charge in [-0.15, -0.1) is 0 Å². The van der Waals surface area contributed by atoms with Gasteiger partial charge in [-0.25, -0.2) is 4.79 Å². The molecule has 0 saturated carbocycles. The fourth-order valence-corrected chi connectivity index (χ4v) is 3.22. The molecule has 1 heterocycles. The first kappa shape index (κ1) is 19.4. The van der Waals surface area contributed by atoms with E-state index in [1.807, 2.05) is 30.3 Å². The van der Waals surface area contributed by atoms with Gasteiger partial charge in [0.15, 0.2) is 0 Å². The molecule has 7 nitrogen and oxygen atoms in total. The third kappa shape index (κ3) is 5.33. The van der Waals surface area contributed by atoms with Crippen molar-refractivity contribution in [3.05, 3.63) is 54.6 Å². The zero-order valence-corrected chi connectivity index (χ0v) is 15.8. The number of nitrogens with zero attached hydrogens (tertiary/aromatic N) is 1. The fraction of sp³-hybridized carbons (Fsp3) is 0.286. The summed E-state index contributed by atoms with van der Waals surface area (Å²) < 4.78 is 0. The van der Waals surface area contributed by atoms with Gasteiger partial charge in [0, 0.05) is 37.1 Å². The molecule has 1 fully saturated rings. The van der Waals surface area contributed by atoms with Crippen LogP contribution in [0.4, 0.5) is 21.9 Å². The number of nitrogens with one attached hydrogen (secondary N) is 3. The predicted octanol–water partition coefficient (Wildman–Crippen LogP) is 3.53. The maximum Gasteiger partial charge on any atom is 0.321 e. The van der Waals surface area contributed by atoms with Gasteiger partial charge in [0.05, 0.1) is 5.92 Å². The third-order valence-corrected chi connectivity index (χ3v) is 4.55. The Hall–Kier alpha value is -3.35. The highest BCUT2D eigenvalue weighted by Gasteiger charge is 2.28. The Balaban J connectivity index is 1.58. The number of carbonyl (C=O) groups excluding carboxylic acids is 3. The monoisotopic (exact) mass is 380 g/mol. The minimum atomic E-state index is -0.278. The van der Waals surface area contributed by atoms with Crippen molar-refractivity contribution in [3.8, 4) is 0 Å². The number of rotatable bonds is 4. The summed E-state index contributed by atoms with van der Waals surface area (Å²) in [5.41, 5.74) is 1.97. The molecule has 2 aromatic carbocycles. The van der Waals surface area contributed by atoms with Gasteiger partial charge < -0.3 is 20.9 Å². The predicted molar refractivity (Wildman–Crippen MR) is 109 cm³/mol. The lowest BCUT2D eigenvalue weighted by Gasteiger charge is -2.32. The summed E-state index contributed by atoms with van der Waals surface area (Å²) in [5, 5.41) is 8.44. The molecule has 146 valence electrons. The average molecular weight is 380 g/mol. The van der Waals surface area contributed by atoms with Gasteiger partial charge in [-0.05, 0) is 43.2 Å². The highest BCUT2D eigenvalue weighted by atomic mass is 16.2. The molecule has 7 heteroatoms. The maximum atomic E-state index is 12.7. The van der Waals surface area contributed by atoms with Crippen molar-refractivity contribution in [2.45, 2.75) is 19.8 Å². The molecule has 1 saturated heterocycles. The Morgan fingerprint density at radius 2 is 1.57 bits per heavy atom. The molecular formula is C21H24N4O3. The van der Waals surface area contributed by atoms with Crippen LogP contribution in [0, 0.1) is 5.92 Å². The average Bonchev–Trinajstić information content (AvgIpc) is 2.68. The van der Waals surface area contributed by atoms with E-state index in [4.69, 9.17) is 0 Å². The van der Waals surface area contributed by atoms with E-state index in [0.717, 1.165) is 18.5 Å². The Kier molecular flexibility index (Phi) is 6.26. The van der Waals surface area contributed by atoms with Crippen molar-refractivity contribution in [1.29, 1.82) is 0 Å². The molecule has 3 N–H and O–H groups in total. The van der Waals surface area contributed by atoms with Crippen LogP contribution in [0.15, 0.2) is 54.6 Å². The fourth-order valence-electron chi connectivity index (χ4n) is 3.22. The van der Waals surface area contributed by atoms with Gasteiger partial charge in [0.25, 0.3) is 0 Å². The van der Waals surface area contributed by atoms with Crippen LogP contribution in [0.3, 0.4) is 0 Å². The van der Waals surface area contributed by atoms with Crippen molar-refractivity contribution in [2.75, 3.05) is 29.0 Å². The van der Waals surface area contributed by atoms with Crippen molar-refractivity contribution in [2.24, 2.45) is 5.92 Å². The number of urea groups is 1. The molecule has 28 heavy (non-hydrogen) atoms. The molecule has 0 radical (unpaired) electrons. The van der Waals surface area contributed by atoms with Crippen molar-refractivity contribution in [1.82, 2.24) is 4.90 Å². The SMILES string of the molecule is CC(=O)Nc1cccc(NC(=O)C2CCCN(C(=O)Nc3ccccc3)C2)c1. The number of hydrogen-bond donors (Lipinski definition) is 3. The third-order valence-electron chi connectivity index (χ3n) is 4.55. The lowest BCUT2D eigenvalue weighted by atomic mass is 9.97. The molecule has 1 aliphatic rings. The minimum absolute atomic E-state index is 0.128. The first-order valence-electron chi connectivity index (χ1n) is 9.31. The molecule has 4 amide bonds. The van der Waals surface area contributed by atoms with Crippen molar-refractivity contribution < 1.29 is 14.4 Å². The Bertz CT molecular complexity index is 854. The number of carbonyl (C=O) groups is 3. The highest BCUT2D eigenvalue weighted by Crippen LogP contribution is 2.21. The standard InChI is InChI=1S/C21H24N4O3/c1-15(26)22-18-10-5-11-19(13-18)23-20(27)16-7-6-12-25(14-16)21(28)24-17-8-3-2-4-9-17/h2-5,8-11,13,16H,6-7,12,14H2,1H3,(H,22,26)(H,23,27)(H,24,28). The van der Waals surface area contributed by atoms with Crippen LogP contribution in [0.1, 0.15) is 19.8 Å². The smallest absolute Gasteiger partial charge is 0.321 e. The highest BCUT2D eigenvalue weighted by molar-refractivity contribution is 5.95. The normalized spacial score (nSPS) is 16.2. The van der Waals surface area contributed by atoms with Crippen LogP contribution in [0.5, 0.6) is 0 Å². The zero-order valence-electron chi connectivity index (χ0n) is 15.8. The molecule has 3 rings (SSSR count). The van der Waals surface area contributed by atoms with Gasteiger partial charge in [0.2, 0.25) is 11.8 Å². The van der Waals surface area contributed by atoms with E-state index in [1.54, 1.807) is 29.2 Å². The summed E-state index contributed by atoms with van der Waals surface area (Å²) in [6.45, 7) is 2.43. The summed E-state index contributed by atoms with van der Waals surface area (Å²) in [5.74, 6) is -0.576. The van der Waals surface area contributed by atoms with Gasteiger partial charge >= 0.3 is 6.03 Å². The van der Waals surface area contributed by atoms with E-state index < -0.39 is 0 Å². The zero-order chi connectivity index (χ0) is 19.9. The number of anilines is 3. The maximum absolute atomic E-state index is 12.7. The molecule has 0 aromatic heterocycles. The van der Waals surface area contributed by atoms with Crippen LogP contribution >= 0.6 is 0 Å². The summed E-state index contributed by atoms with van der Waals surface area (Å²) in [7, 11) is 0. The van der Waals surface area contributed by atoms with E-state index in [2.05, 4.69) is 16.0 Å². The molecular weight excluding hydrogens is 356 g/mol. The first-order chi connectivity index (χ1) is 13.5. The number of benzene rings is 2. The summed E-state index contributed by atoms with van der Waals surface area (Å²) >= 11 is 0. The molecule has 0 spiro atoms. The van der Waals surface area contributed by atoms with Crippen LogP contribution in [-0.4, -0.2) is 35.8 Å². The first-order valence-corrected chi connectivity index (χ1v) is 9.31. The molecule has 2 aromatic rings. The van der Waals surface area contributed by atoms with E-state index in [0.29, 0.717) is 24.5 Å². The molecule has 0 aliphatic carbocycles. The van der Waals surface area contributed by atoms with Crippen LogP contribution in [0.2, 0.25) is 0 Å². The van der Waals surface area contributed by atoms with Gasteiger partial charge in [-0.3, -0.25) is 9.59 Å². The largest absolute Gasteiger partial charge is 0.326 e. The molecule has 1 aliphatic heterocycles. The minimum Gasteiger partial charge on any atom is -0.326 e. The van der Waals surface area contributed by atoms with Gasteiger partial charge in [-0.1, -0.05) is 24.3 Å². The van der Waals surface area contributed by atoms with Crippen molar-refractivity contribution in [3.63, 3.8) is 0 Å². The molecule has 1 unspecified atom stereocenters. The molecule has 0 bridgehead atoms. The summed E-state index contributed by atoms with van der Waals surface area (Å²) in [6, 6.07) is 16.1. The number of para-hydroxylation sites is 1. The van der Waals surface area contributed by atoms with E-state index in [-0.39, 0.29) is 23.8 Å². The van der Waals surface area contributed by atoms with Crippen molar-refractivity contribution >= 4 is 34.9 Å². The lowest BCUT2D eigenvalue weighted by molar-refractivity contribution is -0.121. The lowest BCUT2D eigenvalue weighted by Crippen LogP contribution is -2.45. The Labute approximate surface area is 164 Å². The van der Waals surface area contributed by atoms with Crippen LogP contribution in [0.25, 0.3) is 0 Å². The van der Waals surface area contributed by atoms with Gasteiger partial charge in [0.1, 0.15) is 0 Å². The topological polar surface area (TPSA) is 90.5 Å². The van der Waals surface area contributed by atoms with Crippen LogP contribution in [-0.2, 0) is 9.59 Å². The number of hydrogen-bond acceptors (Lipinski definition) is 3. The second-order valence-electron chi connectivity index (χ2n) is 6.83. The van der Waals surface area contributed by atoms with Crippen LogP contribution < -0.4 is 16.0 Å². The Morgan fingerprint density at radius 1 is 0.893 bits per heavy atom. The number of piperidine rings is 1. The van der Waals surface area contributed by atoms with E-state index >= 15 is 0 Å². The van der Waals surface area contributed by atoms with E-state index in [9.17, 15) is 14.4 Å². The van der Waals surface area contributed by atoms with E-state index in [1.165, 1.54) is 6.92 Å². The quantitative estimate of drug-likeness (QED) is 0.758. The Morgan fingerprint density at radius 3 is 2.29 bits per heavy atom. The second-order valence-corrected chi connectivity index (χ2v) is 6.83. The molecule has 1 atom stereocenters. The van der Waals surface area contributed by atoms with Gasteiger partial charge in [-0.2, -0.15) is 0 Å². The summed E-state index contributed by atoms with van der Waals surface area (Å²) in [6.07, 6.45) is 1.50. The number of likely N-dealkylation sites (tertiary alicyclic amines) is 1. The second kappa shape index (κ2) is 9.03. The number of amides is 4. The summed E-state index contributed by atoms with van der Waals surface area (Å²) in [4.78, 5) is 38.0.